The van der Waals surface area contributed by atoms with Crippen LogP contribution in [0.25, 0.3) is 0 Å². The summed E-state index contributed by atoms with van der Waals surface area (Å²) >= 11 is 0. The maximum absolute atomic E-state index is 10.6. The van der Waals surface area contributed by atoms with Crippen LogP contribution in [0.3, 0.4) is 0 Å². The largest absolute Gasteiger partial charge is 0.748 e. The molecule has 0 aliphatic heterocycles. The summed E-state index contributed by atoms with van der Waals surface area (Å²) in [4.78, 5) is 0. The van der Waals surface area contributed by atoms with E-state index in [-0.39, 0.29) is 5.75 Å². The summed E-state index contributed by atoms with van der Waals surface area (Å²) in [6, 6.07) is 0. The zero-order valence-electron chi connectivity index (χ0n) is 21.2. The first-order valence-corrected chi connectivity index (χ1v) is 13.7. The van der Waals surface area contributed by atoms with Crippen LogP contribution in [0.4, 0.5) is 0 Å². The van der Waals surface area contributed by atoms with E-state index >= 15 is 0 Å². The quantitative estimate of drug-likeness (QED) is 0.0993. The van der Waals surface area contributed by atoms with Crippen molar-refractivity contribution in [3.63, 3.8) is 0 Å². The molecule has 5 heteroatoms. The second kappa shape index (κ2) is 16.7. The minimum atomic E-state index is -4.03. The summed E-state index contributed by atoms with van der Waals surface area (Å²) in [5, 5.41) is 0. The Kier molecular flexibility index (Phi) is 16.2. The van der Waals surface area contributed by atoms with E-state index in [9.17, 15) is 13.0 Å². The van der Waals surface area contributed by atoms with E-state index in [1.807, 2.05) is 0 Å². The Hall–Kier alpha value is -0.910. The molecule has 0 rings (SSSR count). The summed E-state index contributed by atoms with van der Waals surface area (Å²) in [6.07, 6.45) is 18.9. The van der Waals surface area contributed by atoms with E-state index < -0.39 is 10.1 Å². The van der Waals surface area contributed by atoms with Gasteiger partial charge in [-0.25, -0.2) is 8.42 Å². The first-order chi connectivity index (χ1) is 14.4. The summed E-state index contributed by atoms with van der Waals surface area (Å²) in [5.74, 6) is -0.211. The second-order valence-corrected chi connectivity index (χ2v) is 11.6. The predicted octanol–water partition coefficient (Wildman–Crippen LogP) is 6.76. The molecule has 0 N–H and O–H groups in total. The predicted molar refractivity (Wildman–Crippen MR) is 134 cm³/mol. The molecule has 0 aromatic rings. The van der Waals surface area contributed by atoms with Gasteiger partial charge in [-0.05, 0) is 78.7 Å². The van der Waals surface area contributed by atoms with Gasteiger partial charge in [0, 0.05) is 5.75 Å². The van der Waals surface area contributed by atoms with Crippen molar-refractivity contribution in [1.29, 1.82) is 0 Å². The molecule has 0 aromatic carbocycles. The van der Waals surface area contributed by atoms with Gasteiger partial charge >= 0.3 is 0 Å². The fourth-order valence-corrected chi connectivity index (χ4v) is 4.09. The third-order valence-electron chi connectivity index (χ3n) is 5.71. The maximum Gasteiger partial charge on any atom is 0.0972 e. The van der Waals surface area contributed by atoms with Crippen LogP contribution < -0.4 is 0 Å². The van der Waals surface area contributed by atoms with E-state index in [0.29, 0.717) is 6.42 Å². The van der Waals surface area contributed by atoms with Gasteiger partial charge < -0.3 is 9.04 Å². The number of likely N-dealkylation sites (N-methyl/N-ethyl adjacent to an activating group) is 1. The Morgan fingerprint density at radius 1 is 0.742 bits per heavy atom. The van der Waals surface area contributed by atoms with Crippen LogP contribution in [-0.4, -0.2) is 50.4 Å². The summed E-state index contributed by atoms with van der Waals surface area (Å²) in [6.45, 7) is 11.1. The zero-order chi connectivity index (χ0) is 23.8. The molecule has 0 aliphatic rings. The Bertz CT molecular complexity index is 669. The SMILES string of the molecule is CC(C)=CCC/C(C)=C/CC/C(C)=C/C[N+](C)(C)CCCCCCCCCS(=O)(=O)[O-]. The molecule has 4 nitrogen and oxygen atoms in total. The Balaban J connectivity index is 3.91. The Morgan fingerprint density at radius 3 is 1.77 bits per heavy atom. The third-order valence-corrected chi connectivity index (χ3v) is 6.50. The number of rotatable bonds is 18. The minimum Gasteiger partial charge on any atom is -0.748 e. The fraction of sp³-hybridized carbons (Fsp3) is 0.769. The van der Waals surface area contributed by atoms with Crippen LogP contribution in [0.5, 0.6) is 0 Å². The molecule has 0 atom stereocenters. The highest BCUT2D eigenvalue weighted by atomic mass is 32.2. The Morgan fingerprint density at radius 2 is 1.23 bits per heavy atom. The van der Waals surface area contributed by atoms with Crippen LogP contribution in [-0.2, 0) is 10.1 Å². The molecular formula is C26H49NO3S. The van der Waals surface area contributed by atoms with Crippen LogP contribution in [0.2, 0.25) is 0 Å². The molecule has 0 heterocycles. The second-order valence-electron chi connectivity index (χ2n) is 10.0. The van der Waals surface area contributed by atoms with Crippen LogP contribution in [0.15, 0.2) is 34.9 Å². The van der Waals surface area contributed by atoms with Crippen molar-refractivity contribution in [2.75, 3.05) is 32.9 Å². The maximum atomic E-state index is 10.6. The Labute approximate surface area is 193 Å². The topological polar surface area (TPSA) is 57.2 Å². The van der Waals surface area contributed by atoms with Crippen LogP contribution >= 0.6 is 0 Å². The monoisotopic (exact) mass is 455 g/mol. The van der Waals surface area contributed by atoms with Gasteiger partial charge in [0.1, 0.15) is 0 Å². The standard InChI is InChI=1S/C26H49NO3S/c1-24(2)16-14-17-25(3)18-15-19-26(4)20-22-27(5,6)21-12-10-8-7-9-11-13-23-31(28,29)30/h16,18,20H,7-15,17,19,21-23H2,1-6H3/b25-18+,26-20+. The number of allylic oxidation sites excluding steroid dienone is 5. The molecule has 0 amide bonds. The van der Waals surface area contributed by atoms with E-state index in [2.05, 4.69) is 60.0 Å². The average molecular weight is 456 g/mol. The van der Waals surface area contributed by atoms with Gasteiger partial charge in [0.05, 0.1) is 37.3 Å². The van der Waals surface area contributed by atoms with Gasteiger partial charge in [-0.1, -0.05) is 54.6 Å². The molecular weight excluding hydrogens is 406 g/mol. The molecule has 0 spiro atoms. The first kappa shape index (κ1) is 30.1. The molecule has 0 fully saturated rings. The number of hydrogen-bond acceptors (Lipinski definition) is 3. The fourth-order valence-electron chi connectivity index (χ4n) is 3.54. The van der Waals surface area contributed by atoms with Gasteiger partial charge in [-0.15, -0.1) is 0 Å². The number of hydrogen-bond donors (Lipinski definition) is 0. The third kappa shape index (κ3) is 22.1. The number of unbranched alkanes of at least 4 members (excludes halogenated alkanes) is 6. The summed E-state index contributed by atoms with van der Waals surface area (Å²) in [5.41, 5.74) is 4.38. The van der Waals surface area contributed by atoms with E-state index in [1.165, 1.54) is 48.9 Å². The van der Waals surface area contributed by atoms with Crippen molar-refractivity contribution < 1.29 is 17.5 Å². The first-order valence-electron chi connectivity index (χ1n) is 12.1. The van der Waals surface area contributed by atoms with Gasteiger partial charge in [-0.3, -0.25) is 0 Å². The van der Waals surface area contributed by atoms with Crippen molar-refractivity contribution >= 4 is 10.1 Å². The smallest absolute Gasteiger partial charge is 0.0972 e. The number of quaternary nitrogens is 1. The van der Waals surface area contributed by atoms with Crippen molar-refractivity contribution in [3.05, 3.63) is 34.9 Å². The molecule has 0 aliphatic carbocycles. The summed E-state index contributed by atoms with van der Waals surface area (Å²) < 4.78 is 32.7. The van der Waals surface area contributed by atoms with Gasteiger partial charge in [0.25, 0.3) is 0 Å². The lowest BCUT2D eigenvalue weighted by Gasteiger charge is -2.28. The molecule has 182 valence electrons. The van der Waals surface area contributed by atoms with Crippen molar-refractivity contribution in [2.45, 2.75) is 98.3 Å². The highest BCUT2D eigenvalue weighted by Crippen LogP contribution is 2.13. The van der Waals surface area contributed by atoms with Crippen molar-refractivity contribution in [1.82, 2.24) is 0 Å². The van der Waals surface area contributed by atoms with Crippen molar-refractivity contribution in [3.8, 4) is 0 Å². The van der Waals surface area contributed by atoms with E-state index in [4.69, 9.17) is 0 Å². The molecule has 0 saturated heterocycles. The molecule has 0 aromatic heterocycles. The lowest BCUT2D eigenvalue weighted by atomic mass is 10.1. The molecule has 0 saturated carbocycles. The molecule has 0 unspecified atom stereocenters. The van der Waals surface area contributed by atoms with Gasteiger partial charge in [0.15, 0.2) is 0 Å². The van der Waals surface area contributed by atoms with Crippen molar-refractivity contribution in [2.24, 2.45) is 0 Å². The van der Waals surface area contributed by atoms with Crippen LogP contribution in [0, 0.1) is 0 Å². The average Bonchev–Trinajstić information content (AvgIpc) is 2.64. The highest BCUT2D eigenvalue weighted by Gasteiger charge is 2.12. The summed E-state index contributed by atoms with van der Waals surface area (Å²) in [7, 11) is 0.581. The van der Waals surface area contributed by atoms with Gasteiger partial charge in [0.2, 0.25) is 0 Å². The normalized spacial score (nSPS) is 13.5. The van der Waals surface area contributed by atoms with E-state index in [0.717, 1.165) is 49.6 Å². The van der Waals surface area contributed by atoms with E-state index in [1.54, 1.807) is 0 Å². The lowest BCUT2D eigenvalue weighted by Crippen LogP contribution is -2.40. The number of nitrogens with zero attached hydrogens (tertiary/aromatic N) is 1. The minimum absolute atomic E-state index is 0.211. The molecule has 0 radical (unpaired) electrons. The van der Waals surface area contributed by atoms with Gasteiger partial charge in [-0.2, -0.15) is 0 Å². The molecule has 31 heavy (non-hydrogen) atoms. The molecule has 0 bridgehead atoms. The zero-order valence-corrected chi connectivity index (χ0v) is 22.0. The highest BCUT2D eigenvalue weighted by molar-refractivity contribution is 7.85. The van der Waals surface area contributed by atoms with Crippen LogP contribution in [0.1, 0.15) is 98.3 Å². The lowest BCUT2D eigenvalue weighted by molar-refractivity contribution is -0.884.